The lowest BCUT2D eigenvalue weighted by molar-refractivity contribution is 0.0761. The molecule has 0 aromatic carbocycles. The summed E-state index contributed by atoms with van der Waals surface area (Å²) >= 11 is 0. The molecule has 126 valence electrons. The van der Waals surface area contributed by atoms with E-state index in [1.807, 2.05) is 17.2 Å². The molecular weight excluding hydrogens is 288 g/mol. The fourth-order valence-electron chi connectivity index (χ4n) is 3.50. The standard InChI is InChI=1S/C18H28N4O/c1-2-20-9-11-21(12-10-20)17-13-16(14-19-15-17)18(23)22-7-5-3-4-6-8-22/h13-15H,2-12H2,1H3. The summed E-state index contributed by atoms with van der Waals surface area (Å²) in [6.07, 6.45) is 8.34. The number of amides is 1. The van der Waals surface area contributed by atoms with Crippen LogP contribution in [0.4, 0.5) is 5.69 Å². The third-order valence-electron chi connectivity index (χ3n) is 5.05. The number of nitrogens with zero attached hydrogens (tertiary/aromatic N) is 4. The zero-order valence-corrected chi connectivity index (χ0v) is 14.2. The number of piperazine rings is 1. The van der Waals surface area contributed by atoms with E-state index >= 15 is 0 Å². The van der Waals surface area contributed by atoms with E-state index in [4.69, 9.17) is 0 Å². The molecule has 3 heterocycles. The molecule has 0 N–H and O–H groups in total. The van der Waals surface area contributed by atoms with E-state index < -0.39 is 0 Å². The molecule has 5 heteroatoms. The van der Waals surface area contributed by atoms with Gasteiger partial charge in [0.1, 0.15) is 0 Å². The van der Waals surface area contributed by atoms with Crippen molar-refractivity contribution >= 4 is 11.6 Å². The van der Waals surface area contributed by atoms with Gasteiger partial charge in [-0.15, -0.1) is 0 Å². The third kappa shape index (κ3) is 4.02. The van der Waals surface area contributed by atoms with Gasteiger partial charge in [-0.1, -0.05) is 19.8 Å². The summed E-state index contributed by atoms with van der Waals surface area (Å²) < 4.78 is 0. The summed E-state index contributed by atoms with van der Waals surface area (Å²) in [5.74, 6) is 0.147. The molecule has 2 aliphatic heterocycles. The average molecular weight is 316 g/mol. The Balaban J connectivity index is 1.68. The predicted molar refractivity (Wildman–Crippen MR) is 92.9 cm³/mol. The van der Waals surface area contributed by atoms with E-state index in [0.717, 1.165) is 69.9 Å². The number of rotatable bonds is 3. The van der Waals surface area contributed by atoms with Crippen molar-refractivity contribution in [3.05, 3.63) is 24.0 Å². The van der Waals surface area contributed by atoms with Crippen molar-refractivity contribution in [3.63, 3.8) is 0 Å². The SMILES string of the molecule is CCN1CCN(c2cncc(C(=O)N3CCCCCC3)c2)CC1. The van der Waals surface area contributed by atoms with Gasteiger partial charge in [-0.05, 0) is 25.5 Å². The van der Waals surface area contributed by atoms with Crippen molar-refractivity contribution in [3.8, 4) is 0 Å². The van der Waals surface area contributed by atoms with Crippen LogP contribution in [0.5, 0.6) is 0 Å². The summed E-state index contributed by atoms with van der Waals surface area (Å²) in [7, 11) is 0. The minimum absolute atomic E-state index is 0.147. The average Bonchev–Trinajstić information content (AvgIpc) is 2.91. The number of carbonyl (C=O) groups excluding carboxylic acids is 1. The zero-order chi connectivity index (χ0) is 16.1. The molecule has 0 radical (unpaired) electrons. The number of hydrogen-bond acceptors (Lipinski definition) is 4. The lowest BCUT2D eigenvalue weighted by atomic mass is 10.2. The van der Waals surface area contributed by atoms with Crippen LogP contribution in [-0.4, -0.2) is 66.5 Å². The topological polar surface area (TPSA) is 39.7 Å². The van der Waals surface area contributed by atoms with Crippen LogP contribution in [0, 0.1) is 0 Å². The van der Waals surface area contributed by atoms with Crippen molar-refractivity contribution in [1.29, 1.82) is 0 Å². The number of likely N-dealkylation sites (tertiary alicyclic amines) is 1. The molecule has 1 aromatic heterocycles. The van der Waals surface area contributed by atoms with E-state index in [1.54, 1.807) is 6.20 Å². The van der Waals surface area contributed by atoms with Crippen molar-refractivity contribution in [2.75, 3.05) is 50.7 Å². The minimum atomic E-state index is 0.147. The molecule has 2 saturated heterocycles. The van der Waals surface area contributed by atoms with Crippen LogP contribution in [0.25, 0.3) is 0 Å². The smallest absolute Gasteiger partial charge is 0.255 e. The van der Waals surface area contributed by atoms with Crippen LogP contribution in [0.3, 0.4) is 0 Å². The summed E-state index contributed by atoms with van der Waals surface area (Å²) in [4.78, 5) is 23.9. The molecule has 1 amide bonds. The highest BCUT2D eigenvalue weighted by molar-refractivity contribution is 5.94. The highest BCUT2D eigenvalue weighted by atomic mass is 16.2. The lowest BCUT2D eigenvalue weighted by Gasteiger charge is -2.35. The third-order valence-corrected chi connectivity index (χ3v) is 5.05. The first-order chi connectivity index (χ1) is 11.3. The maximum absolute atomic E-state index is 12.7. The van der Waals surface area contributed by atoms with Crippen molar-refractivity contribution < 1.29 is 4.79 Å². The molecule has 1 aromatic rings. The number of carbonyl (C=O) groups is 1. The Bertz CT molecular complexity index is 518. The fraction of sp³-hybridized carbons (Fsp3) is 0.667. The Morgan fingerprint density at radius 1 is 1.00 bits per heavy atom. The summed E-state index contributed by atoms with van der Waals surface area (Å²) in [6.45, 7) is 9.28. The first-order valence-corrected chi connectivity index (χ1v) is 8.99. The van der Waals surface area contributed by atoms with Gasteiger partial charge in [-0.3, -0.25) is 9.78 Å². The van der Waals surface area contributed by atoms with Crippen LogP contribution in [0.1, 0.15) is 43.0 Å². The maximum Gasteiger partial charge on any atom is 0.255 e. The summed E-state index contributed by atoms with van der Waals surface area (Å²) in [5.41, 5.74) is 1.82. The normalized spacial score (nSPS) is 20.4. The molecule has 0 bridgehead atoms. The Morgan fingerprint density at radius 3 is 2.35 bits per heavy atom. The quantitative estimate of drug-likeness (QED) is 0.857. The monoisotopic (exact) mass is 316 g/mol. The van der Waals surface area contributed by atoms with E-state index in [-0.39, 0.29) is 5.91 Å². The van der Waals surface area contributed by atoms with Crippen molar-refractivity contribution in [2.45, 2.75) is 32.6 Å². The van der Waals surface area contributed by atoms with Gasteiger partial charge in [-0.2, -0.15) is 0 Å². The van der Waals surface area contributed by atoms with Crippen LogP contribution in [-0.2, 0) is 0 Å². The molecule has 23 heavy (non-hydrogen) atoms. The highest BCUT2D eigenvalue weighted by Gasteiger charge is 2.20. The molecule has 2 fully saturated rings. The van der Waals surface area contributed by atoms with Gasteiger partial charge in [0.05, 0.1) is 17.4 Å². The highest BCUT2D eigenvalue weighted by Crippen LogP contribution is 2.19. The maximum atomic E-state index is 12.7. The lowest BCUT2D eigenvalue weighted by Crippen LogP contribution is -2.46. The number of aromatic nitrogens is 1. The minimum Gasteiger partial charge on any atom is -0.368 e. The molecule has 5 nitrogen and oxygen atoms in total. The molecule has 0 spiro atoms. The molecule has 2 aliphatic rings. The van der Waals surface area contributed by atoms with Gasteiger partial charge in [0.25, 0.3) is 5.91 Å². The molecule has 3 rings (SSSR count). The predicted octanol–water partition coefficient (Wildman–Crippen LogP) is 2.24. The first-order valence-electron chi connectivity index (χ1n) is 8.99. The largest absolute Gasteiger partial charge is 0.368 e. The van der Waals surface area contributed by atoms with E-state index in [2.05, 4.69) is 21.7 Å². The number of pyridine rings is 1. The molecule has 0 atom stereocenters. The number of hydrogen-bond donors (Lipinski definition) is 0. The Kier molecular flexibility index (Phi) is 5.49. The number of likely N-dealkylation sites (N-methyl/N-ethyl adjacent to an activating group) is 1. The van der Waals surface area contributed by atoms with Crippen LogP contribution >= 0.6 is 0 Å². The fourth-order valence-corrected chi connectivity index (χ4v) is 3.50. The first kappa shape index (κ1) is 16.2. The number of anilines is 1. The second-order valence-corrected chi connectivity index (χ2v) is 6.56. The Labute approximate surface area is 139 Å². The molecule has 0 unspecified atom stereocenters. The van der Waals surface area contributed by atoms with E-state index in [9.17, 15) is 4.79 Å². The summed E-state index contributed by atoms with van der Waals surface area (Å²) in [5, 5.41) is 0. The Hall–Kier alpha value is -1.62. The van der Waals surface area contributed by atoms with Gasteiger partial charge < -0.3 is 14.7 Å². The zero-order valence-electron chi connectivity index (χ0n) is 14.2. The molecular formula is C18H28N4O. The Morgan fingerprint density at radius 2 is 1.70 bits per heavy atom. The van der Waals surface area contributed by atoms with Gasteiger partial charge in [-0.25, -0.2) is 0 Å². The van der Waals surface area contributed by atoms with Gasteiger partial charge in [0, 0.05) is 45.5 Å². The van der Waals surface area contributed by atoms with E-state index in [1.165, 1.54) is 12.8 Å². The second-order valence-electron chi connectivity index (χ2n) is 6.56. The van der Waals surface area contributed by atoms with Gasteiger partial charge in [0.2, 0.25) is 0 Å². The molecule has 0 aliphatic carbocycles. The van der Waals surface area contributed by atoms with Crippen molar-refractivity contribution in [1.82, 2.24) is 14.8 Å². The van der Waals surface area contributed by atoms with Gasteiger partial charge in [0.15, 0.2) is 0 Å². The summed E-state index contributed by atoms with van der Waals surface area (Å²) in [6, 6.07) is 2.03. The van der Waals surface area contributed by atoms with Gasteiger partial charge >= 0.3 is 0 Å². The van der Waals surface area contributed by atoms with Crippen molar-refractivity contribution in [2.24, 2.45) is 0 Å². The van der Waals surface area contributed by atoms with E-state index in [0.29, 0.717) is 0 Å². The second kappa shape index (κ2) is 7.77. The van der Waals surface area contributed by atoms with Crippen LogP contribution in [0.15, 0.2) is 18.5 Å². The van der Waals surface area contributed by atoms with Crippen LogP contribution in [0.2, 0.25) is 0 Å². The van der Waals surface area contributed by atoms with Crippen LogP contribution < -0.4 is 4.90 Å². The molecule has 0 saturated carbocycles.